The molecule has 1 amide bonds. The maximum absolute atomic E-state index is 12.9. The highest BCUT2D eigenvalue weighted by Crippen LogP contribution is 2.36. The van der Waals surface area contributed by atoms with E-state index in [1.165, 1.54) is 0 Å². The predicted octanol–water partition coefficient (Wildman–Crippen LogP) is 3.60. The van der Waals surface area contributed by atoms with Gasteiger partial charge in [-0.25, -0.2) is 4.79 Å². The van der Waals surface area contributed by atoms with E-state index < -0.39 is 59.3 Å². The normalized spacial score (nSPS) is 19.0. The van der Waals surface area contributed by atoms with Gasteiger partial charge >= 0.3 is 18.3 Å². The van der Waals surface area contributed by atoms with E-state index in [0.29, 0.717) is 31.4 Å². The Balaban J connectivity index is 2.22. The van der Waals surface area contributed by atoms with Crippen LogP contribution in [0.4, 0.5) is 26.3 Å². The first-order valence-corrected chi connectivity index (χ1v) is 8.59. The summed E-state index contributed by atoms with van der Waals surface area (Å²) in [6.45, 7) is 0. The van der Waals surface area contributed by atoms with Crippen LogP contribution < -0.4 is 5.32 Å². The molecule has 0 aromatic heterocycles. The fourth-order valence-corrected chi connectivity index (χ4v) is 3.25. The second-order valence-electron chi connectivity index (χ2n) is 6.87. The van der Waals surface area contributed by atoms with Gasteiger partial charge < -0.3 is 10.4 Å². The number of benzene rings is 1. The van der Waals surface area contributed by atoms with Crippen LogP contribution in [0, 0.1) is 5.92 Å². The van der Waals surface area contributed by atoms with Crippen molar-refractivity contribution in [3.8, 4) is 0 Å². The molecule has 5 nitrogen and oxygen atoms in total. The average molecular weight is 425 g/mol. The number of aliphatic carboxylic acids is 1. The average Bonchev–Trinajstić information content (AvgIpc) is 2.57. The zero-order valence-corrected chi connectivity index (χ0v) is 14.9. The molecule has 1 aromatic rings. The number of carboxylic acid groups (broad SMARTS) is 1. The first-order valence-electron chi connectivity index (χ1n) is 8.59. The van der Waals surface area contributed by atoms with Crippen LogP contribution >= 0.6 is 0 Å². The van der Waals surface area contributed by atoms with Gasteiger partial charge in [0, 0.05) is 12.8 Å². The molecule has 11 heteroatoms. The summed E-state index contributed by atoms with van der Waals surface area (Å²) in [6.07, 6.45) is -9.98. The third kappa shape index (κ3) is 6.20. The largest absolute Gasteiger partial charge is 0.480 e. The lowest BCUT2D eigenvalue weighted by Crippen LogP contribution is -2.47. The number of Topliss-reactive ketones (excluding diaryl/α,β-unsaturated/α-hetero) is 1. The van der Waals surface area contributed by atoms with Crippen LogP contribution in [0.2, 0.25) is 0 Å². The summed E-state index contributed by atoms with van der Waals surface area (Å²) in [4.78, 5) is 35.1. The SMILES string of the molecule is O=C1CCC[C@@H]([C@H](NC(=O)Cc2cc(C(F)(F)F)cc(C(F)(F)F)c2)C(=O)O)C1. The van der Waals surface area contributed by atoms with E-state index in [1.54, 1.807) is 0 Å². The molecule has 0 heterocycles. The minimum Gasteiger partial charge on any atom is -0.480 e. The number of ketones is 1. The van der Waals surface area contributed by atoms with Gasteiger partial charge in [-0.1, -0.05) is 0 Å². The van der Waals surface area contributed by atoms with Gasteiger partial charge in [-0.15, -0.1) is 0 Å². The number of alkyl halides is 6. The summed E-state index contributed by atoms with van der Waals surface area (Å²) < 4.78 is 77.3. The van der Waals surface area contributed by atoms with Crippen molar-refractivity contribution in [3.63, 3.8) is 0 Å². The van der Waals surface area contributed by atoms with Crippen molar-refractivity contribution in [1.29, 1.82) is 0 Å². The number of carboxylic acids is 1. The summed E-state index contributed by atoms with van der Waals surface area (Å²) in [5.74, 6) is -3.35. The molecule has 0 spiro atoms. The minimum atomic E-state index is -5.06. The van der Waals surface area contributed by atoms with Gasteiger partial charge in [0.2, 0.25) is 5.91 Å². The quantitative estimate of drug-likeness (QED) is 0.707. The number of carbonyl (C=O) groups excluding carboxylic acids is 2. The molecule has 2 N–H and O–H groups in total. The lowest BCUT2D eigenvalue weighted by Gasteiger charge is -2.27. The fraction of sp³-hybridized carbons (Fsp3) is 0.500. The molecule has 1 aliphatic carbocycles. The highest BCUT2D eigenvalue weighted by Gasteiger charge is 2.37. The second kappa shape index (κ2) is 8.42. The summed E-state index contributed by atoms with van der Waals surface area (Å²) >= 11 is 0. The predicted molar refractivity (Wildman–Crippen MR) is 86.7 cm³/mol. The van der Waals surface area contributed by atoms with Crippen molar-refractivity contribution < 1.29 is 45.8 Å². The number of amides is 1. The first-order chi connectivity index (χ1) is 13.3. The Kier molecular flexibility index (Phi) is 6.59. The van der Waals surface area contributed by atoms with E-state index in [4.69, 9.17) is 0 Å². The lowest BCUT2D eigenvalue weighted by molar-refractivity contribution is -0.144. The van der Waals surface area contributed by atoms with Gasteiger partial charge in [-0.05, 0) is 42.5 Å². The number of hydrogen-bond acceptors (Lipinski definition) is 3. The summed E-state index contributed by atoms with van der Waals surface area (Å²) in [5.41, 5.74) is -3.70. The molecule has 1 aliphatic rings. The van der Waals surface area contributed by atoms with Gasteiger partial charge in [0.25, 0.3) is 0 Å². The molecule has 1 aromatic carbocycles. The molecule has 160 valence electrons. The van der Waals surface area contributed by atoms with E-state index in [-0.39, 0.29) is 18.3 Å². The Labute approximate surface area is 161 Å². The molecule has 2 atom stereocenters. The van der Waals surface area contributed by atoms with Crippen molar-refractivity contribution >= 4 is 17.7 Å². The second-order valence-corrected chi connectivity index (χ2v) is 6.87. The van der Waals surface area contributed by atoms with Crippen LogP contribution in [0.5, 0.6) is 0 Å². The first kappa shape index (κ1) is 22.7. The van der Waals surface area contributed by atoms with Crippen LogP contribution in [-0.2, 0) is 33.2 Å². The standard InChI is InChI=1S/C18H17F6NO4/c19-17(20,21)11-4-9(5-12(8-11)18(22,23)24)6-14(27)25-15(16(28)29)10-2-1-3-13(26)7-10/h4-5,8,10,15H,1-3,6-7H2,(H,25,27)(H,28,29)/t10-,15+/m1/s1. The van der Waals surface area contributed by atoms with Crippen LogP contribution in [0.1, 0.15) is 42.4 Å². The molecule has 1 fully saturated rings. The maximum atomic E-state index is 12.9. The van der Waals surface area contributed by atoms with Crippen LogP contribution in [0.25, 0.3) is 0 Å². The molecule has 2 rings (SSSR count). The van der Waals surface area contributed by atoms with Gasteiger partial charge in [0.1, 0.15) is 11.8 Å². The fourth-order valence-electron chi connectivity index (χ4n) is 3.25. The van der Waals surface area contributed by atoms with E-state index in [9.17, 15) is 45.8 Å². The number of halogens is 6. The highest BCUT2D eigenvalue weighted by atomic mass is 19.4. The molecule has 0 radical (unpaired) electrons. The summed E-state index contributed by atoms with van der Waals surface area (Å²) in [6, 6.07) is -0.696. The molecule has 0 saturated heterocycles. The van der Waals surface area contributed by atoms with E-state index in [2.05, 4.69) is 5.32 Å². The van der Waals surface area contributed by atoms with Gasteiger partial charge in [-0.2, -0.15) is 26.3 Å². The molecule has 1 saturated carbocycles. The summed E-state index contributed by atoms with van der Waals surface area (Å²) in [5, 5.41) is 11.4. The monoisotopic (exact) mass is 425 g/mol. The topological polar surface area (TPSA) is 83.5 Å². The van der Waals surface area contributed by atoms with E-state index in [0.717, 1.165) is 0 Å². The highest BCUT2D eigenvalue weighted by molar-refractivity contribution is 5.86. The van der Waals surface area contributed by atoms with Gasteiger partial charge in [-0.3, -0.25) is 9.59 Å². The number of carbonyl (C=O) groups is 3. The molecular weight excluding hydrogens is 408 g/mol. The van der Waals surface area contributed by atoms with Gasteiger partial charge in [0.05, 0.1) is 17.5 Å². The van der Waals surface area contributed by atoms with Crippen LogP contribution in [-0.4, -0.2) is 28.8 Å². The molecule has 0 bridgehead atoms. The summed E-state index contributed by atoms with van der Waals surface area (Å²) in [7, 11) is 0. The Hall–Kier alpha value is -2.59. The van der Waals surface area contributed by atoms with Crippen molar-refractivity contribution in [2.45, 2.75) is 50.5 Å². The minimum absolute atomic E-state index is 0.0604. The van der Waals surface area contributed by atoms with Crippen molar-refractivity contribution in [2.24, 2.45) is 5.92 Å². The van der Waals surface area contributed by atoms with Crippen molar-refractivity contribution in [2.75, 3.05) is 0 Å². The Morgan fingerprint density at radius 2 is 1.62 bits per heavy atom. The van der Waals surface area contributed by atoms with E-state index in [1.807, 2.05) is 0 Å². The molecule has 0 aliphatic heterocycles. The molecule has 29 heavy (non-hydrogen) atoms. The third-order valence-corrected chi connectivity index (χ3v) is 4.59. The Bertz CT molecular complexity index is 770. The van der Waals surface area contributed by atoms with E-state index >= 15 is 0 Å². The number of nitrogens with one attached hydrogen (secondary N) is 1. The maximum Gasteiger partial charge on any atom is 0.416 e. The molecule has 0 unspecified atom stereocenters. The lowest BCUT2D eigenvalue weighted by atomic mass is 9.83. The van der Waals surface area contributed by atoms with Crippen molar-refractivity contribution in [1.82, 2.24) is 5.32 Å². The molecular formula is C18H17F6NO4. The Morgan fingerprint density at radius 1 is 1.07 bits per heavy atom. The Morgan fingerprint density at radius 3 is 2.07 bits per heavy atom. The number of hydrogen-bond donors (Lipinski definition) is 2. The van der Waals surface area contributed by atoms with Crippen LogP contribution in [0.15, 0.2) is 18.2 Å². The zero-order chi connectivity index (χ0) is 22.0. The smallest absolute Gasteiger partial charge is 0.416 e. The van der Waals surface area contributed by atoms with Crippen molar-refractivity contribution in [3.05, 3.63) is 34.9 Å². The number of rotatable bonds is 5. The third-order valence-electron chi connectivity index (χ3n) is 4.59. The zero-order valence-electron chi connectivity index (χ0n) is 14.9. The van der Waals surface area contributed by atoms with Gasteiger partial charge in [0.15, 0.2) is 0 Å². The van der Waals surface area contributed by atoms with Crippen LogP contribution in [0.3, 0.4) is 0 Å².